The molecule has 7 nitrogen and oxygen atoms in total. The summed E-state index contributed by atoms with van der Waals surface area (Å²) in [6, 6.07) is 18.5. The minimum absolute atomic E-state index is 0.197. The van der Waals surface area contributed by atoms with E-state index in [4.69, 9.17) is 4.74 Å². The third-order valence-electron chi connectivity index (χ3n) is 4.01. The third-order valence-corrected chi connectivity index (χ3v) is 4.01. The van der Waals surface area contributed by atoms with Crippen molar-refractivity contribution in [1.82, 2.24) is 15.3 Å². The van der Waals surface area contributed by atoms with Gasteiger partial charge in [0.15, 0.2) is 0 Å². The third kappa shape index (κ3) is 5.93. The molecule has 0 aliphatic rings. The summed E-state index contributed by atoms with van der Waals surface area (Å²) in [4.78, 5) is 21.4. The van der Waals surface area contributed by atoms with Gasteiger partial charge < -0.3 is 20.7 Å². The molecule has 1 aromatic heterocycles. The van der Waals surface area contributed by atoms with Gasteiger partial charge in [0, 0.05) is 31.4 Å². The fraction of sp³-hybridized carbons (Fsp3) is 0.227. The number of hydrogen-bond acceptors (Lipinski definition) is 6. The second-order valence-electron chi connectivity index (χ2n) is 6.34. The first-order valence-corrected chi connectivity index (χ1v) is 9.59. The van der Waals surface area contributed by atoms with Crippen LogP contribution in [0.15, 0.2) is 60.7 Å². The molecule has 0 saturated carbocycles. The summed E-state index contributed by atoms with van der Waals surface area (Å²) >= 11 is 0. The summed E-state index contributed by atoms with van der Waals surface area (Å²) in [5, 5.41) is 9.20. The number of benzene rings is 2. The SMILES string of the molecule is CCNc1cc(C)nc(NCCNC(=O)c2ccccc2Oc2ccccc2)n1. The van der Waals surface area contributed by atoms with Gasteiger partial charge in [-0.25, -0.2) is 4.98 Å². The summed E-state index contributed by atoms with van der Waals surface area (Å²) in [7, 11) is 0. The van der Waals surface area contributed by atoms with Gasteiger partial charge in [-0.05, 0) is 38.1 Å². The fourth-order valence-electron chi connectivity index (χ4n) is 2.72. The first-order valence-electron chi connectivity index (χ1n) is 9.59. The van der Waals surface area contributed by atoms with Gasteiger partial charge in [0.1, 0.15) is 17.3 Å². The number of nitrogens with one attached hydrogen (secondary N) is 3. The molecule has 0 unspecified atom stereocenters. The number of nitrogens with zero attached hydrogens (tertiary/aromatic N) is 2. The predicted molar refractivity (Wildman–Crippen MR) is 115 cm³/mol. The standard InChI is InChI=1S/C22H25N5O2/c1-3-23-20-15-16(2)26-22(27-20)25-14-13-24-21(28)18-11-7-8-12-19(18)29-17-9-5-4-6-10-17/h4-12,15H,3,13-14H2,1-2H3,(H,24,28)(H2,23,25,26,27). The molecule has 2 aromatic carbocycles. The number of carbonyl (C=O) groups is 1. The predicted octanol–water partition coefficient (Wildman–Crippen LogP) is 3.85. The number of aryl methyl sites for hydroxylation is 1. The van der Waals surface area contributed by atoms with E-state index in [1.165, 1.54) is 0 Å². The number of amides is 1. The Morgan fingerprint density at radius 1 is 0.966 bits per heavy atom. The summed E-state index contributed by atoms with van der Waals surface area (Å²) in [5.41, 5.74) is 1.35. The number of aromatic nitrogens is 2. The molecule has 0 spiro atoms. The van der Waals surface area contributed by atoms with Crippen LogP contribution in [0.25, 0.3) is 0 Å². The number of carbonyl (C=O) groups excluding carboxylic acids is 1. The molecule has 29 heavy (non-hydrogen) atoms. The zero-order chi connectivity index (χ0) is 20.5. The molecule has 0 atom stereocenters. The van der Waals surface area contributed by atoms with E-state index >= 15 is 0 Å². The van der Waals surface area contributed by atoms with Crippen LogP contribution < -0.4 is 20.7 Å². The van der Waals surface area contributed by atoms with Crippen molar-refractivity contribution in [3.8, 4) is 11.5 Å². The quantitative estimate of drug-likeness (QED) is 0.480. The number of anilines is 2. The number of para-hydroxylation sites is 2. The number of ether oxygens (including phenoxy) is 1. The van der Waals surface area contributed by atoms with Crippen molar-refractivity contribution >= 4 is 17.7 Å². The first kappa shape index (κ1) is 20.1. The van der Waals surface area contributed by atoms with E-state index in [1.54, 1.807) is 12.1 Å². The average Bonchev–Trinajstić information content (AvgIpc) is 2.72. The maximum atomic E-state index is 12.6. The van der Waals surface area contributed by atoms with Gasteiger partial charge in [-0.3, -0.25) is 4.79 Å². The van der Waals surface area contributed by atoms with Crippen LogP contribution in [-0.4, -0.2) is 35.5 Å². The molecule has 1 heterocycles. The Balaban J connectivity index is 1.55. The van der Waals surface area contributed by atoms with Crippen LogP contribution >= 0.6 is 0 Å². The van der Waals surface area contributed by atoms with Crippen LogP contribution in [0.5, 0.6) is 11.5 Å². The summed E-state index contributed by atoms with van der Waals surface area (Å²) < 4.78 is 5.85. The maximum absolute atomic E-state index is 12.6. The normalized spacial score (nSPS) is 10.3. The van der Waals surface area contributed by atoms with Crippen LogP contribution in [-0.2, 0) is 0 Å². The highest BCUT2D eigenvalue weighted by Gasteiger charge is 2.12. The molecule has 7 heteroatoms. The number of hydrogen-bond donors (Lipinski definition) is 3. The van der Waals surface area contributed by atoms with Crippen LogP contribution in [0, 0.1) is 6.92 Å². The Bertz CT molecular complexity index is 947. The molecule has 1 amide bonds. The average molecular weight is 391 g/mol. The fourth-order valence-corrected chi connectivity index (χ4v) is 2.72. The van der Waals surface area contributed by atoms with Crippen molar-refractivity contribution < 1.29 is 9.53 Å². The van der Waals surface area contributed by atoms with E-state index in [0.717, 1.165) is 18.1 Å². The highest BCUT2D eigenvalue weighted by atomic mass is 16.5. The Kier molecular flexibility index (Phi) is 7.00. The minimum atomic E-state index is -0.197. The summed E-state index contributed by atoms with van der Waals surface area (Å²) in [6.07, 6.45) is 0. The zero-order valence-corrected chi connectivity index (χ0v) is 16.6. The van der Waals surface area contributed by atoms with Crippen molar-refractivity contribution in [3.63, 3.8) is 0 Å². The Hall–Kier alpha value is -3.61. The molecule has 0 fully saturated rings. The van der Waals surface area contributed by atoms with E-state index < -0.39 is 0 Å². The van der Waals surface area contributed by atoms with Crippen LogP contribution in [0.2, 0.25) is 0 Å². The molecule has 0 aliphatic carbocycles. The Labute approximate surface area is 170 Å². The van der Waals surface area contributed by atoms with Crippen molar-refractivity contribution in [3.05, 3.63) is 71.9 Å². The van der Waals surface area contributed by atoms with Crippen molar-refractivity contribution in [2.45, 2.75) is 13.8 Å². The smallest absolute Gasteiger partial charge is 0.255 e. The van der Waals surface area contributed by atoms with Crippen LogP contribution in [0.3, 0.4) is 0 Å². The summed E-state index contributed by atoms with van der Waals surface area (Å²) in [5.74, 6) is 2.31. The van der Waals surface area contributed by atoms with Gasteiger partial charge in [0.2, 0.25) is 5.95 Å². The molecule has 150 valence electrons. The van der Waals surface area contributed by atoms with Crippen LogP contribution in [0.1, 0.15) is 23.0 Å². The molecular formula is C22H25N5O2. The van der Waals surface area contributed by atoms with Gasteiger partial charge >= 0.3 is 0 Å². The first-order chi connectivity index (χ1) is 14.2. The van der Waals surface area contributed by atoms with Crippen molar-refractivity contribution in [2.24, 2.45) is 0 Å². The van der Waals surface area contributed by atoms with Crippen LogP contribution in [0.4, 0.5) is 11.8 Å². The van der Waals surface area contributed by atoms with Crippen molar-refractivity contribution in [1.29, 1.82) is 0 Å². The molecular weight excluding hydrogens is 366 g/mol. The van der Waals surface area contributed by atoms with Gasteiger partial charge in [0.05, 0.1) is 5.56 Å². The molecule has 0 bridgehead atoms. The molecule has 0 aliphatic heterocycles. The van der Waals surface area contributed by atoms with E-state index in [9.17, 15) is 4.79 Å². The lowest BCUT2D eigenvalue weighted by Crippen LogP contribution is -2.29. The highest BCUT2D eigenvalue weighted by Crippen LogP contribution is 2.24. The molecule has 3 rings (SSSR count). The van der Waals surface area contributed by atoms with E-state index in [0.29, 0.717) is 36.1 Å². The second-order valence-corrected chi connectivity index (χ2v) is 6.34. The molecule has 3 N–H and O–H groups in total. The highest BCUT2D eigenvalue weighted by molar-refractivity contribution is 5.97. The molecule has 0 radical (unpaired) electrons. The van der Waals surface area contributed by atoms with Gasteiger partial charge in [-0.2, -0.15) is 4.98 Å². The van der Waals surface area contributed by atoms with E-state index in [-0.39, 0.29) is 5.91 Å². The lowest BCUT2D eigenvalue weighted by molar-refractivity contribution is 0.0953. The van der Waals surface area contributed by atoms with E-state index in [2.05, 4.69) is 25.9 Å². The van der Waals surface area contributed by atoms with Gasteiger partial charge in [-0.15, -0.1) is 0 Å². The topological polar surface area (TPSA) is 88.2 Å². The summed E-state index contributed by atoms with van der Waals surface area (Å²) in [6.45, 7) is 5.64. The molecule has 0 saturated heterocycles. The largest absolute Gasteiger partial charge is 0.457 e. The van der Waals surface area contributed by atoms with Gasteiger partial charge in [0.25, 0.3) is 5.91 Å². The monoisotopic (exact) mass is 391 g/mol. The minimum Gasteiger partial charge on any atom is -0.457 e. The lowest BCUT2D eigenvalue weighted by Gasteiger charge is -2.12. The zero-order valence-electron chi connectivity index (χ0n) is 16.6. The van der Waals surface area contributed by atoms with E-state index in [1.807, 2.05) is 62.4 Å². The maximum Gasteiger partial charge on any atom is 0.255 e. The van der Waals surface area contributed by atoms with Crippen molar-refractivity contribution in [2.75, 3.05) is 30.3 Å². The molecule has 3 aromatic rings. The Morgan fingerprint density at radius 2 is 1.72 bits per heavy atom. The second kappa shape index (κ2) is 10.1. The number of rotatable bonds is 9. The van der Waals surface area contributed by atoms with Gasteiger partial charge in [-0.1, -0.05) is 30.3 Å². The lowest BCUT2D eigenvalue weighted by atomic mass is 10.2. The Morgan fingerprint density at radius 3 is 2.52 bits per heavy atom.